The van der Waals surface area contributed by atoms with Gasteiger partial charge in [0.1, 0.15) is 11.0 Å². The van der Waals surface area contributed by atoms with Gasteiger partial charge in [-0.25, -0.2) is 9.97 Å². The first-order valence-corrected chi connectivity index (χ1v) is 14.5. The summed E-state index contributed by atoms with van der Waals surface area (Å²) in [4.78, 5) is 38.0. The lowest BCUT2D eigenvalue weighted by Crippen LogP contribution is -2.49. The lowest BCUT2D eigenvalue weighted by atomic mass is 9.88. The summed E-state index contributed by atoms with van der Waals surface area (Å²) in [6.07, 6.45) is 2.85. The van der Waals surface area contributed by atoms with Crippen LogP contribution in [-0.2, 0) is 9.59 Å². The fraction of sp³-hybridized carbons (Fsp3) is 0.379. The van der Waals surface area contributed by atoms with Crippen molar-refractivity contribution in [2.45, 2.75) is 30.3 Å². The molecule has 0 spiro atoms. The van der Waals surface area contributed by atoms with Crippen LogP contribution in [0.2, 0.25) is 5.15 Å². The minimum Gasteiger partial charge on any atom is -0.355 e. The lowest BCUT2D eigenvalue weighted by molar-refractivity contribution is -0.132. The highest BCUT2D eigenvalue weighted by Crippen LogP contribution is 2.32. The number of amides is 2. The zero-order valence-electron chi connectivity index (χ0n) is 21.3. The fourth-order valence-corrected chi connectivity index (χ4v) is 5.70. The highest BCUT2D eigenvalue weighted by Gasteiger charge is 2.34. The molecule has 2 aliphatic rings. The second kappa shape index (κ2) is 12.6. The molecular formula is C29H32ClN5O2S. The molecule has 0 atom stereocenters. The number of piperazine rings is 1. The van der Waals surface area contributed by atoms with Gasteiger partial charge in [-0.2, -0.15) is 0 Å². The zero-order chi connectivity index (χ0) is 26.3. The Morgan fingerprint density at radius 2 is 1.58 bits per heavy atom. The number of carbonyl (C=O) groups excluding carboxylic acids is 2. The Morgan fingerprint density at radius 3 is 2.18 bits per heavy atom. The van der Waals surface area contributed by atoms with Crippen molar-refractivity contribution in [3.63, 3.8) is 0 Å². The SMILES string of the molecule is O=C(CSc1nc(Cl)cc(N2CCN(C(=O)C3CC3)CC2)n1)NCCC(c1ccccc1)c1ccccc1. The van der Waals surface area contributed by atoms with Gasteiger partial charge in [-0.1, -0.05) is 84.0 Å². The molecule has 1 saturated heterocycles. The van der Waals surface area contributed by atoms with Gasteiger partial charge in [0.05, 0.1) is 5.75 Å². The summed E-state index contributed by atoms with van der Waals surface area (Å²) >= 11 is 7.57. The first-order chi connectivity index (χ1) is 18.6. The summed E-state index contributed by atoms with van der Waals surface area (Å²) in [6, 6.07) is 22.5. The van der Waals surface area contributed by atoms with Crippen LogP contribution in [0.4, 0.5) is 5.82 Å². The third-order valence-corrected chi connectivity index (χ3v) is 8.04. The molecule has 1 N–H and O–H groups in total. The molecule has 2 fully saturated rings. The van der Waals surface area contributed by atoms with Crippen LogP contribution >= 0.6 is 23.4 Å². The Balaban J connectivity index is 1.11. The number of benzene rings is 2. The number of hydrogen-bond acceptors (Lipinski definition) is 6. The third kappa shape index (κ3) is 7.05. The number of hydrogen-bond donors (Lipinski definition) is 1. The highest BCUT2D eigenvalue weighted by molar-refractivity contribution is 7.99. The van der Waals surface area contributed by atoms with Crippen LogP contribution < -0.4 is 10.2 Å². The number of aromatic nitrogens is 2. The first kappa shape index (κ1) is 26.5. The number of halogens is 1. The van der Waals surface area contributed by atoms with Gasteiger partial charge in [0.25, 0.3) is 0 Å². The van der Waals surface area contributed by atoms with Gasteiger partial charge < -0.3 is 15.1 Å². The van der Waals surface area contributed by atoms with Crippen molar-refractivity contribution < 1.29 is 9.59 Å². The summed E-state index contributed by atoms with van der Waals surface area (Å²) in [6.45, 7) is 3.36. The largest absolute Gasteiger partial charge is 0.355 e. The highest BCUT2D eigenvalue weighted by atomic mass is 35.5. The molecule has 5 rings (SSSR count). The predicted molar refractivity (Wildman–Crippen MR) is 152 cm³/mol. The molecule has 38 heavy (non-hydrogen) atoms. The van der Waals surface area contributed by atoms with E-state index in [-0.39, 0.29) is 29.4 Å². The molecule has 1 aromatic heterocycles. The van der Waals surface area contributed by atoms with Crippen LogP contribution in [0.25, 0.3) is 0 Å². The van der Waals surface area contributed by atoms with E-state index in [4.69, 9.17) is 11.6 Å². The number of carbonyl (C=O) groups is 2. The van der Waals surface area contributed by atoms with Crippen molar-refractivity contribution in [2.75, 3.05) is 43.4 Å². The van der Waals surface area contributed by atoms with Crippen LogP contribution in [0.1, 0.15) is 36.3 Å². The fourth-order valence-electron chi connectivity index (χ4n) is 4.79. The maximum Gasteiger partial charge on any atom is 0.230 e. The van der Waals surface area contributed by atoms with Crippen molar-refractivity contribution in [1.82, 2.24) is 20.2 Å². The summed E-state index contributed by atoms with van der Waals surface area (Å²) < 4.78 is 0. The van der Waals surface area contributed by atoms with Crippen LogP contribution in [0.3, 0.4) is 0 Å². The Labute approximate surface area is 233 Å². The summed E-state index contributed by atoms with van der Waals surface area (Å²) in [5, 5.41) is 3.88. The molecule has 0 bridgehead atoms. The Kier molecular flexibility index (Phi) is 8.81. The molecule has 1 aliphatic heterocycles. The van der Waals surface area contributed by atoms with Gasteiger partial charge in [0.2, 0.25) is 11.8 Å². The molecule has 7 nitrogen and oxygen atoms in total. The van der Waals surface area contributed by atoms with E-state index in [0.717, 1.165) is 25.1 Å². The smallest absolute Gasteiger partial charge is 0.230 e. The predicted octanol–water partition coefficient (Wildman–Crippen LogP) is 4.62. The maximum atomic E-state index is 12.6. The number of rotatable bonds is 10. The molecular weight excluding hydrogens is 518 g/mol. The van der Waals surface area contributed by atoms with Gasteiger partial charge >= 0.3 is 0 Å². The van der Waals surface area contributed by atoms with E-state index in [1.807, 2.05) is 41.3 Å². The molecule has 1 aliphatic carbocycles. The van der Waals surface area contributed by atoms with Crippen molar-refractivity contribution in [3.05, 3.63) is 83.0 Å². The van der Waals surface area contributed by atoms with Crippen molar-refractivity contribution in [3.8, 4) is 0 Å². The number of anilines is 1. The van der Waals surface area contributed by atoms with E-state index in [2.05, 4.69) is 44.5 Å². The van der Waals surface area contributed by atoms with E-state index < -0.39 is 0 Å². The van der Waals surface area contributed by atoms with Crippen LogP contribution in [-0.4, -0.2) is 65.2 Å². The topological polar surface area (TPSA) is 78.4 Å². The first-order valence-electron chi connectivity index (χ1n) is 13.1. The minimum absolute atomic E-state index is 0.0628. The molecule has 2 aromatic carbocycles. The number of nitrogens with zero attached hydrogens (tertiary/aromatic N) is 4. The number of nitrogens with one attached hydrogen (secondary N) is 1. The zero-order valence-corrected chi connectivity index (χ0v) is 22.8. The van der Waals surface area contributed by atoms with Gasteiger partial charge in [-0.15, -0.1) is 0 Å². The number of thioether (sulfide) groups is 1. The third-order valence-electron chi connectivity index (χ3n) is 6.99. The van der Waals surface area contributed by atoms with Crippen LogP contribution in [0.15, 0.2) is 71.9 Å². The summed E-state index contributed by atoms with van der Waals surface area (Å²) in [7, 11) is 0. The molecule has 1 saturated carbocycles. The Hall–Kier alpha value is -3.10. The molecule has 2 amide bonds. The van der Waals surface area contributed by atoms with Gasteiger partial charge in [0.15, 0.2) is 5.16 Å². The second-order valence-corrected chi connectivity index (χ2v) is 11.0. The average Bonchev–Trinajstić information content (AvgIpc) is 3.80. The van der Waals surface area contributed by atoms with Gasteiger partial charge in [-0.3, -0.25) is 9.59 Å². The minimum atomic E-state index is -0.0628. The monoisotopic (exact) mass is 549 g/mol. The molecule has 2 heterocycles. The van der Waals surface area contributed by atoms with Crippen LogP contribution in [0, 0.1) is 5.92 Å². The molecule has 0 radical (unpaired) electrons. The average molecular weight is 550 g/mol. The lowest BCUT2D eigenvalue weighted by Gasteiger charge is -2.35. The quantitative estimate of drug-likeness (QED) is 0.226. The van der Waals surface area contributed by atoms with E-state index in [1.165, 1.54) is 22.9 Å². The summed E-state index contributed by atoms with van der Waals surface area (Å²) in [5.74, 6) is 1.62. The van der Waals surface area contributed by atoms with E-state index in [9.17, 15) is 9.59 Å². The van der Waals surface area contributed by atoms with E-state index in [0.29, 0.717) is 43.0 Å². The van der Waals surface area contributed by atoms with E-state index >= 15 is 0 Å². The van der Waals surface area contributed by atoms with Gasteiger partial charge in [0, 0.05) is 50.6 Å². The molecule has 3 aromatic rings. The van der Waals surface area contributed by atoms with Crippen molar-refractivity contribution in [1.29, 1.82) is 0 Å². The van der Waals surface area contributed by atoms with Crippen molar-refractivity contribution >= 4 is 41.0 Å². The van der Waals surface area contributed by atoms with Gasteiger partial charge in [-0.05, 0) is 30.4 Å². The van der Waals surface area contributed by atoms with Crippen LogP contribution in [0.5, 0.6) is 0 Å². The van der Waals surface area contributed by atoms with Crippen molar-refractivity contribution in [2.24, 2.45) is 5.92 Å². The van der Waals surface area contributed by atoms with E-state index in [1.54, 1.807) is 6.07 Å². The Morgan fingerprint density at radius 1 is 0.947 bits per heavy atom. The Bertz CT molecular complexity index is 1190. The second-order valence-electron chi connectivity index (χ2n) is 9.72. The molecule has 0 unspecified atom stereocenters. The normalized spacial score (nSPS) is 15.5. The molecule has 9 heteroatoms. The maximum absolute atomic E-state index is 12.6. The molecule has 198 valence electrons. The standard InChI is InChI=1S/C29H32ClN5O2S/c30-25-19-26(34-15-17-35(18-16-34)28(37)23-11-12-23)33-29(32-25)38-20-27(36)31-14-13-24(21-7-3-1-4-8-21)22-9-5-2-6-10-22/h1-10,19,23-24H,11-18,20H2,(H,31,36). The summed E-state index contributed by atoms with van der Waals surface area (Å²) in [5.41, 5.74) is 2.47.